The van der Waals surface area contributed by atoms with Gasteiger partial charge in [0.25, 0.3) is 0 Å². The molecule has 7 rings (SSSR count). The van der Waals surface area contributed by atoms with Crippen LogP contribution in [-0.4, -0.2) is 15.9 Å². The topological polar surface area (TPSA) is 76.5 Å². The fourth-order valence-corrected chi connectivity index (χ4v) is 5.45. The maximum atomic E-state index is 10.0. The first-order chi connectivity index (χ1) is 20.8. The number of aliphatic hydroxyl groups is 1. The SMILES string of the molecule is CC(=O)/C=C(/C)O.Cc1cccc(C)c1-c1ccc(-c2cc3nc(-c4[c-]ccc5c4oc4ccccc45)ccc3o2)cc1.[Ir]. The Morgan fingerprint density at radius 3 is 2.18 bits per heavy atom. The summed E-state index contributed by atoms with van der Waals surface area (Å²) in [5, 5.41) is 10.5. The molecule has 3 heterocycles. The fourth-order valence-electron chi connectivity index (χ4n) is 5.45. The van der Waals surface area contributed by atoms with Crippen molar-refractivity contribution in [3.63, 3.8) is 0 Å². The summed E-state index contributed by atoms with van der Waals surface area (Å²) in [5.41, 5.74) is 11.0. The molecule has 0 aliphatic heterocycles. The van der Waals surface area contributed by atoms with Crippen molar-refractivity contribution in [2.45, 2.75) is 27.7 Å². The van der Waals surface area contributed by atoms with Gasteiger partial charge in [-0.2, -0.15) is 0 Å². The summed E-state index contributed by atoms with van der Waals surface area (Å²) in [6.45, 7) is 7.16. The molecular formula is C38H30IrNO4-. The number of aromatic nitrogens is 1. The van der Waals surface area contributed by atoms with E-state index in [-0.39, 0.29) is 31.6 Å². The monoisotopic (exact) mass is 757 g/mol. The van der Waals surface area contributed by atoms with Gasteiger partial charge < -0.3 is 13.9 Å². The summed E-state index contributed by atoms with van der Waals surface area (Å²) in [6, 6.07) is 36.3. The van der Waals surface area contributed by atoms with Crippen molar-refractivity contribution >= 4 is 38.8 Å². The van der Waals surface area contributed by atoms with Gasteiger partial charge in [0.1, 0.15) is 11.3 Å². The minimum atomic E-state index is -0.125. The second-order valence-electron chi connectivity index (χ2n) is 10.6. The van der Waals surface area contributed by atoms with E-state index in [1.165, 1.54) is 42.2 Å². The summed E-state index contributed by atoms with van der Waals surface area (Å²) >= 11 is 0. The van der Waals surface area contributed by atoms with Crippen molar-refractivity contribution in [1.29, 1.82) is 0 Å². The predicted octanol–water partition coefficient (Wildman–Crippen LogP) is 10.2. The number of carbonyl (C=O) groups is 1. The minimum absolute atomic E-state index is 0. The molecule has 6 heteroatoms. The zero-order valence-corrected chi connectivity index (χ0v) is 27.2. The van der Waals surface area contributed by atoms with Gasteiger partial charge in [0, 0.05) is 43.2 Å². The number of aliphatic hydroxyl groups excluding tert-OH is 1. The Morgan fingerprint density at radius 2 is 1.50 bits per heavy atom. The van der Waals surface area contributed by atoms with E-state index < -0.39 is 0 Å². The second-order valence-corrected chi connectivity index (χ2v) is 10.6. The summed E-state index contributed by atoms with van der Waals surface area (Å²) in [7, 11) is 0. The Morgan fingerprint density at radius 1 is 0.795 bits per heavy atom. The molecule has 7 aromatic rings. The molecular weight excluding hydrogens is 727 g/mol. The number of benzene rings is 4. The molecule has 0 amide bonds. The van der Waals surface area contributed by atoms with Crippen molar-refractivity contribution in [3.05, 3.63) is 126 Å². The summed E-state index contributed by atoms with van der Waals surface area (Å²) in [5.74, 6) is 0.737. The Hall–Kier alpha value is -4.77. The molecule has 4 aromatic carbocycles. The molecule has 0 saturated heterocycles. The molecule has 44 heavy (non-hydrogen) atoms. The molecule has 5 nitrogen and oxygen atoms in total. The van der Waals surface area contributed by atoms with Gasteiger partial charge in [-0.15, -0.1) is 18.2 Å². The van der Waals surface area contributed by atoms with Gasteiger partial charge in [0.2, 0.25) is 0 Å². The summed E-state index contributed by atoms with van der Waals surface area (Å²) in [4.78, 5) is 14.9. The van der Waals surface area contributed by atoms with E-state index in [0.717, 1.165) is 55.6 Å². The van der Waals surface area contributed by atoms with Gasteiger partial charge in [-0.3, -0.25) is 9.78 Å². The maximum absolute atomic E-state index is 10.0. The Kier molecular flexibility index (Phi) is 8.96. The van der Waals surface area contributed by atoms with Crippen LogP contribution in [0.5, 0.6) is 0 Å². The Labute approximate surface area is 269 Å². The first-order valence-electron chi connectivity index (χ1n) is 14.1. The van der Waals surface area contributed by atoms with Crippen LogP contribution < -0.4 is 0 Å². The van der Waals surface area contributed by atoms with Gasteiger partial charge in [-0.25, -0.2) is 0 Å². The van der Waals surface area contributed by atoms with Crippen molar-refractivity contribution < 1.29 is 38.8 Å². The molecule has 0 unspecified atom stereocenters. The quantitative estimate of drug-likeness (QED) is 0.110. The van der Waals surface area contributed by atoms with Gasteiger partial charge in [0.15, 0.2) is 11.4 Å². The zero-order valence-electron chi connectivity index (χ0n) is 24.8. The van der Waals surface area contributed by atoms with Crippen molar-refractivity contribution in [2.75, 3.05) is 0 Å². The van der Waals surface area contributed by atoms with Crippen LogP contribution in [0.1, 0.15) is 25.0 Å². The first-order valence-corrected chi connectivity index (χ1v) is 14.1. The van der Waals surface area contributed by atoms with E-state index in [9.17, 15) is 4.79 Å². The van der Waals surface area contributed by atoms with Gasteiger partial charge in [0.05, 0.1) is 16.9 Å². The number of rotatable bonds is 4. The molecule has 3 aromatic heterocycles. The van der Waals surface area contributed by atoms with Crippen LogP contribution in [0, 0.1) is 19.9 Å². The average molecular weight is 757 g/mol. The van der Waals surface area contributed by atoms with E-state index in [1.54, 1.807) is 0 Å². The largest absolute Gasteiger partial charge is 0.512 e. The van der Waals surface area contributed by atoms with Crippen LogP contribution in [-0.2, 0) is 24.9 Å². The van der Waals surface area contributed by atoms with Crippen molar-refractivity contribution in [1.82, 2.24) is 4.98 Å². The Balaban J connectivity index is 0.000000433. The fraction of sp³-hybridized carbons (Fsp3) is 0.105. The molecule has 221 valence electrons. The number of pyridine rings is 1. The maximum Gasteiger partial charge on any atom is 0.155 e. The van der Waals surface area contributed by atoms with Crippen molar-refractivity contribution in [2.24, 2.45) is 0 Å². The molecule has 0 aliphatic rings. The smallest absolute Gasteiger partial charge is 0.155 e. The van der Waals surface area contributed by atoms with E-state index in [1.807, 2.05) is 48.5 Å². The number of allylic oxidation sites excluding steroid dienone is 2. The first kappa shape index (κ1) is 30.7. The summed E-state index contributed by atoms with van der Waals surface area (Å²) in [6.07, 6.45) is 1.17. The average Bonchev–Trinajstić information content (AvgIpc) is 3.58. The van der Waals surface area contributed by atoms with E-state index in [4.69, 9.17) is 18.9 Å². The normalized spacial score (nSPS) is 11.3. The third-order valence-corrected chi connectivity index (χ3v) is 7.32. The molecule has 0 bridgehead atoms. The number of hydrogen-bond donors (Lipinski definition) is 1. The molecule has 0 saturated carbocycles. The van der Waals surface area contributed by atoms with Crippen molar-refractivity contribution in [3.8, 4) is 33.7 Å². The third-order valence-electron chi connectivity index (χ3n) is 7.32. The van der Waals surface area contributed by atoms with E-state index in [2.05, 4.69) is 68.4 Å². The molecule has 0 atom stereocenters. The molecule has 0 aliphatic carbocycles. The number of aryl methyl sites for hydroxylation is 2. The van der Waals surface area contributed by atoms with E-state index >= 15 is 0 Å². The van der Waals surface area contributed by atoms with Gasteiger partial charge in [-0.1, -0.05) is 77.7 Å². The predicted molar refractivity (Wildman–Crippen MR) is 173 cm³/mol. The summed E-state index contributed by atoms with van der Waals surface area (Å²) < 4.78 is 12.4. The number of nitrogens with zero attached hydrogens (tertiary/aromatic N) is 1. The number of ketones is 1. The zero-order chi connectivity index (χ0) is 30.1. The molecule has 1 radical (unpaired) electrons. The number of fused-ring (bicyclic) bond motifs is 4. The van der Waals surface area contributed by atoms with E-state index in [0.29, 0.717) is 0 Å². The standard InChI is InChI=1S/C33H22NO2.C5H8O2.Ir/c1-20-7-5-8-21(2)32(20)23-15-13-22(14-16-23)31-19-28-30(35-31)18-17-27(34-28)26-11-6-10-25-24-9-3-4-12-29(24)36-33(25)26;1-4(6)3-5(2)7;/h3-10,12-19H,1-2H3;3,6H,1-2H3;/q-1;;/b;4-3-;. The Bertz CT molecular complexity index is 2130. The number of hydrogen-bond acceptors (Lipinski definition) is 5. The van der Waals surface area contributed by atoms with Gasteiger partial charge >= 0.3 is 0 Å². The molecule has 0 fully saturated rings. The molecule has 1 N–H and O–H groups in total. The van der Waals surface area contributed by atoms with Crippen LogP contribution in [0.15, 0.2) is 118 Å². The minimum Gasteiger partial charge on any atom is -0.512 e. The van der Waals surface area contributed by atoms with Crippen LogP contribution in [0.3, 0.4) is 0 Å². The molecule has 0 spiro atoms. The van der Waals surface area contributed by atoms with Crippen LogP contribution >= 0.6 is 0 Å². The van der Waals surface area contributed by atoms with Crippen LogP contribution in [0.4, 0.5) is 0 Å². The number of carbonyl (C=O) groups excluding carboxylic acids is 1. The third kappa shape index (κ3) is 6.14. The second kappa shape index (κ2) is 12.8. The van der Waals surface area contributed by atoms with Crippen LogP contribution in [0.2, 0.25) is 0 Å². The van der Waals surface area contributed by atoms with Gasteiger partial charge in [-0.05, 0) is 67.8 Å². The number of para-hydroxylation sites is 1. The number of furan rings is 2. The van der Waals surface area contributed by atoms with Crippen LogP contribution in [0.25, 0.3) is 66.7 Å².